The van der Waals surface area contributed by atoms with Gasteiger partial charge in [0.1, 0.15) is 6.54 Å². The number of carbonyl (C=O) groups is 2. The summed E-state index contributed by atoms with van der Waals surface area (Å²) in [6, 6.07) is 11.7. The molecule has 12 nitrogen and oxygen atoms in total. The highest BCUT2D eigenvalue weighted by Gasteiger charge is 2.27. The topological polar surface area (TPSA) is 143 Å². The monoisotopic (exact) mass is 566 g/mol. The van der Waals surface area contributed by atoms with Crippen molar-refractivity contribution in [2.75, 3.05) is 75.0 Å². The van der Waals surface area contributed by atoms with Crippen molar-refractivity contribution in [1.82, 2.24) is 9.21 Å². The zero-order valence-electron chi connectivity index (χ0n) is 20.9. The fourth-order valence-electron chi connectivity index (χ4n) is 4.10. The molecule has 2 aromatic rings. The average molecular weight is 567 g/mol. The van der Waals surface area contributed by atoms with Crippen molar-refractivity contribution in [2.45, 2.75) is 4.90 Å². The molecule has 2 saturated heterocycles. The van der Waals surface area contributed by atoms with Crippen LogP contribution in [0.1, 0.15) is 10.4 Å². The molecular formula is C24H30N4O8S2. The largest absolute Gasteiger partial charge is 0.379 e. The Bertz CT molecular complexity index is 1350. The summed E-state index contributed by atoms with van der Waals surface area (Å²) in [5.41, 5.74) is 0.949. The fourth-order valence-corrected chi connectivity index (χ4v) is 6.36. The van der Waals surface area contributed by atoms with Crippen LogP contribution in [-0.2, 0) is 34.3 Å². The van der Waals surface area contributed by atoms with Gasteiger partial charge >= 0.3 is 0 Å². The second kappa shape index (κ2) is 11.8. The minimum atomic E-state index is -3.83. The number of anilines is 2. The summed E-state index contributed by atoms with van der Waals surface area (Å²) in [5.74, 6) is -0.796. The summed E-state index contributed by atoms with van der Waals surface area (Å²) >= 11 is 0. The number of nitrogens with one attached hydrogen (secondary N) is 1. The van der Waals surface area contributed by atoms with E-state index in [-0.39, 0.29) is 29.6 Å². The Kier molecular flexibility index (Phi) is 8.67. The van der Waals surface area contributed by atoms with Crippen LogP contribution in [0.3, 0.4) is 0 Å². The van der Waals surface area contributed by atoms with E-state index in [9.17, 15) is 26.4 Å². The zero-order valence-corrected chi connectivity index (χ0v) is 22.5. The van der Waals surface area contributed by atoms with Gasteiger partial charge in [-0.05, 0) is 48.5 Å². The number of nitrogens with zero attached hydrogens (tertiary/aromatic N) is 3. The van der Waals surface area contributed by atoms with Crippen LogP contribution in [0.25, 0.3) is 0 Å². The molecule has 0 unspecified atom stereocenters. The van der Waals surface area contributed by atoms with E-state index in [4.69, 9.17) is 9.47 Å². The Hall–Kier alpha value is -3.04. The van der Waals surface area contributed by atoms with Crippen LogP contribution in [0.5, 0.6) is 0 Å². The molecule has 1 N–H and O–H groups in total. The molecule has 38 heavy (non-hydrogen) atoms. The number of morpholine rings is 2. The highest BCUT2D eigenvalue weighted by molar-refractivity contribution is 7.92. The summed E-state index contributed by atoms with van der Waals surface area (Å²) in [7, 11) is -7.51. The standard InChI is InChI=1S/C24H30N4O8S2/c1-37(31,32)28(21-6-2-19(3-7-21)24(30)26-10-14-35-15-11-26)18-23(29)25-20-4-8-22(9-5-20)38(33,34)27-12-16-36-17-13-27/h2-9H,10-18H2,1H3,(H,25,29). The maximum atomic E-state index is 12.8. The molecular weight excluding hydrogens is 536 g/mol. The van der Waals surface area contributed by atoms with Crippen LogP contribution < -0.4 is 9.62 Å². The molecule has 0 saturated carbocycles. The van der Waals surface area contributed by atoms with E-state index in [0.717, 1.165) is 10.6 Å². The minimum Gasteiger partial charge on any atom is -0.379 e. The van der Waals surface area contributed by atoms with Gasteiger partial charge < -0.3 is 19.7 Å². The van der Waals surface area contributed by atoms with Crippen molar-refractivity contribution in [3.63, 3.8) is 0 Å². The van der Waals surface area contributed by atoms with Crippen molar-refractivity contribution in [2.24, 2.45) is 0 Å². The van der Waals surface area contributed by atoms with E-state index >= 15 is 0 Å². The van der Waals surface area contributed by atoms with E-state index in [2.05, 4.69) is 5.32 Å². The Morgan fingerprint density at radius 3 is 1.95 bits per heavy atom. The first kappa shape index (κ1) is 28.0. The molecule has 4 rings (SSSR count). The van der Waals surface area contributed by atoms with E-state index in [1.165, 1.54) is 52.8 Å². The molecule has 14 heteroatoms. The Morgan fingerprint density at radius 1 is 0.842 bits per heavy atom. The summed E-state index contributed by atoms with van der Waals surface area (Å²) in [5, 5.41) is 2.60. The Morgan fingerprint density at radius 2 is 1.39 bits per heavy atom. The molecule has 0 aromatic heterocycles. The lowest BCUT2D eigenvalue weighted by molar-refractivity contribution is -0.114. The van der Waals surface area contributed by atoms with Gasteiger partial charge in [0.25, 0.3) is 5.91 Å². The van der Waals surface area contributed by atoms with Crippen LogP contribution in [-0.4, -0.2) is 103 Å². The Labute approximate surface area is 222 Å². The quantitative estimate of drug-likeness (QED) is 0.489. The molecule has 2 heterocycles. The van der Waals surface area contributed by atoms with E-state index in [1.54, 1.807) is 4.90 Å². The number of ether oxygens (including phenoxy) is 2. The zero-order chi connectivity index (χ0) is 27.3. The normalized spacial score (nSPS) is 17.1. The third-order valence-electron chi connectivity index (χ3n) is 6.13. The summed E-state index contributed by atoms with van der Waals surface area (Å²) < 4.78 is 63.2. The molecule has 0 aliphatic carbocycles. The Balaban J connectivity index is 1.42. The highest BCUT2D eigenvalue weighted by Crippen LogP contribution is 2.22. The smallest absolute Gasteiger partial charge is 0.254 e. The third kappa shape index (κ3) is 6.69. The summed E-state index contributed by atoms with van der Waals surface area (Å²) in [4.78, 5) is 27.1. The van der Waals surface area contributed by atoms with Gasteiger partial charge in [0.05, 0.1) is 43.3 Å². The maximum Gasteiger partial charge on any atom is 0.254 e. The highest BCUT2D eigenvalue weighted by atomic mass is 32.2. The summed E-state index contributed by atoms with van der Waals surface area (Å²) in [6.45, 7) is 2.58. The first-order chi connectivity index (χ1) is 18.1. The van der Waals surface area contributed by atoms with Crippen molar-refractivity contribution < 1.29 is 35.9 Å². The fraction of sp³-hybridized carbons (Fsp3) is 0.417. The number of hydrogen-bond acceptors (Lipinski definition) is 8. The van der Waals surface area contributed by atoms with Crippen LogP contribution in [0.4, 0.5) is 11.4 Å². The summed E-state index contributed by atoms with van der Waals surface area (Å²) in [6.07, 6.45) is 0.984. The van der Waals surface area contributed by atoms with Crippen LogP contribution in [0.2, 0.25) is 0 Å². The van der Waals surface area contributed by atoms with Gasteiger partial charge in [0, 0.05) is 37.4 Å². The maximum absolute atomic E-state index is 12.8. The first-order valence-electron chi connectivity index (χ1n) is 12.0. The van der Waals surface area contributed by atoms with Gasteiger partial charge in [-0.25, -0.2) is 16.8 Å². The number of sulfonamides is 2. The van der Waals surface area contributed by atoms with Crippen LogP contribution >= 0.6 is 0 Å². The van der Waals surface area contributed by atoms with Gasteiger partial charge in [-0.2, -0.15) is 4.31 Å². The SMILES string of the molecule is CS(=O)(=O)N(CC(=O)Nc1ccc(S(=O)(=O)N2CCOCC2)cc1)c1ccc(C(=O)N2CCOCC2)cc1. The van der Waals surface area contributed by atoms with Gasteiger partial charge in [-0.15, -0.1) is 0 Å². The van der Waals surface area contributed by atoms with Gasteiger partial charge in [-0.1, -0.05) is 0 Å². The van der Waals surface area contributed by atoms with Crippen molar-refractivity contribution in [3.05, 3.63) is 54.1 Å². The average Bonchev–Trinajstić information content (AvgIpc) is 2.92. The van der Waals surface area contributed by atoms with Crippen molar-refractivity contribution in [1.29, 1.82) is 0 Å². The first-order valence-corrected chi connectivity index (χ1v) is 15.3. The number of benzene rings is 2. The number of hydrogen-bond donors (Lipinski definition) is 1. The van der Waals surface area contributed by atoms with Crippen LogP contribution in [0.15, 0.2) is 53.4 Å². The van der Waals surface area contributed by atoms with E-state index in [1.807, 2.05) is 0 Å². The molecule has 0 spiro atoms. The second-order valence-electron chi connectivity index (χ2n) is 8.81. The van der Waals surface area contributed by atoms with Gasteiger partial charge in [-0.3, -0.25) is 13.9 Å². The third-order valence-corrected chi connectivity index (χ3v) is 9.19. The van der Waals surface area contributed by atoms with Crippen LogP contribution in [0, 0.1) is 0 Å². The second-order valence-corrected chi connectivity index (χ2v) is 12.7. The van der Waals surface area contributed by atoms with E-state index in [0.29, 0.717) is 50.8 Å². The number of rotatable bonds is 8. The molecule has 0 radical (unpaired) electrons. The number of carbonyl (C=O) groups excluding carboxylic acids is 2. The van der Waals surface area contributed by atoms with Crippen molar-refractivity contribution >= 4 is 43.2 Å². The molecule has 2 aliphatic rings. The molecule has 2 fully saturated rings. The van der Waals surface area contributed by atoms with E-state index < -0.39 is 32.5 Å². The molecule has 2 aromatic carbocycles. The molecule has 0 atom stereocenters. The molecule has 0 bridgehead atoms. The van der Waals surface area contributed by atoms with Gasteiger partial charge in [0.15, 0.2) is 0 Å². The number of amides is 2. The minimum absolute atomic E-state index is 0.0851. The molecule has 2 amide bonds. The molecule has 206 valence electrons. The molecule has 2 aliphatic heterocycles. The van der Waals surface area contributed by atoms with Gasteiger partial charge in [0.2, 0.25) is 26.0 Å². The lowest BCUT2D eigenvalue weighted by Gasteiger charge is -2.27. The lowest BCUT2D eigenvalue weighted by Crippen LogP contribution is -2.40. The van der Waals surface area contributed by atoms with Crippen molar-refractivity contribution in [3.8, 4) is 0 Å². The lowest BCUT2D eigenvalue weighted by atomic mass is 10.1. The predicted molar refractivity (Wildman–Crippen MR) is 140 cm³/mol. The predicted octanol–water partition coefficient (Wildman–Crippen LogP) is 0.585.